The summed E-state index contributed by atoms with van der Waals surface area (Å²) in [5.74, 6) is 5.37. The van der Waals surface area contributed by atoms with Crippen molar-refractivity contribution in [3.63, 3.8) is 0 Å². The van der Waals surface area contributed by atoms with E-state index in [0.29, 0.717) is 17.8 Å². The van der Waals surface area contributed by atoms with Gasteiger partial charge in [0.25, 0.3) is 0 Å². The standard InChI is InChI=1S/C18H26I2N2O2/c1-8(2)17(24-15(23)16(3,19)18-20(21-18)22-18)11-7-12(17)14-10-5-4-9(6-10)13(11)14/h8-14,21-22H,4-7H2,1-3H3. The molecule has 2 aliphatic heterocycles. The van der Waals surface area contributed by atoms with E-state index in [-0.39, 0.29) is 15.2 Å². The first-order valence-electron chi connectivity index (χ1n) is 9.51. The number of esters is 1. The van der Waals surface area contributed by atoms with Crippen LogP contribution in [0.15, 0.2) is 0 Å². The van der Waals surface area contributed by atoms with Gasteiger partial charge in [0, 0.05) is 0 Å². The number of ether oxygens (including phenoxy) is 1. The van der Waals surface area contributed by atoms with E-state index in [1.807, 2.05) is 0 Å². The molecule has 0 amide bonds. The molecular weight excluding hydrogens is 530 g/mol. The van der Waals surface area contributed by atoms with Crippen LogP contribution in [0.5, 0.6) is 0 Å². The summed E-state index contributed by atoms with van der Waals surface area (Å²) in [5.41, 5.74) is -0.153. The normalized spacial score (nSPS) is 54.8. The van der Waals surface area contributed by atoms with Crippen LogP contribution < -0.4 is 7.06 Å². The molecule has 134 valence electrons. The van der Waals surface area contributed by atoms with E-state index in [4.69, 9.17) is 4.74 Å². The van der Waals surface area contributed by atoms with Crippen molar-refractivity contribution in [1.29, 1.82) is 0 Å². The van der Waals surface area contributed by atoms with Gasteiger partial charge in [0.15, 0.2) is 0 Å². The Labute approximate surface area is 165 Å². The Bertz CT molecular complexity index is 623. The molecule has 2 heterocycles. The van der Waals surface area contributed by atoms with Crippen LogP contribution in [0.1, 0.15) is 46.5 Å². The number of hydrogen-bond acceptors (Lipinski definition) is 4. The maximum absolute atomic E-state index is 13.2. The van der Waals surface area contributed by atoms with Gasteiger partial charge in [0.1, 0.15) is 0 Å². The average molecular weight is 556 g/mol. The third-order valence-electron chi connectivity index (χ3n) is 8.51. The summed E-state index contributed by atoms with van der Waals surface area (Å²) in [6.07, 6.45) is 5.67. The van der Waals surface area contributed by atoms with E-state index in [0.717, 1.165) is 23.7 Å². The van der Waals surface area contributed by atoms with Gasteiger partial charge in [0.2, 0.25) is 0 Å². The van der Waals surface area contributed by atoms with Gasteiger partial charge in [0.05, 0.1) is 0 Å². The minimum absolute atomic E-state index is 0.0234. The molecule has 6 fully saturated rings. The first-order valence-corrected chi connectivity index (χ1v) is 13.8. The van der Waals surface area contributed by atoms with Crippen molar-refractivity contribution in [2.24, 2.45) is 41.4 Å². The number of rotatable bonds is 4. The average Bonchev–Trinajstić information content (AvgIpc) is 3.08. The fourth-order valence-corrected chi connectivity index (χ4v) is 15.1. The topological polar surface area (TPSA) is 70.2 Å². The summed E-state index contributed by atoms with van der Waals surface area (Å²) in [6.45, 7) is 6.66. The Morgan fingerprint density at radius 3 is 2.21 bits per heavy atom. The van der Waals surface area contributed by atoms with E-state index >= 15 is 0 Å². The molecule has 24 heavy (non-hydrogen) atoms. The monoisotopic (exact) mass is 556 g/mol. The molecule has 7 atom stereocenters. The molecule has 4 aliphatic carbocycles. The second-order valence-electron chi connectivity index (χ2n) is 9.47. The first kappa shape index (κ1) is 15.9. The third-order valence-corrected chi connectivity index (χ3v) is 15.6. The number of carbonyl (C=O) groups excluding carboxylic acids is 1. The fraction of sp³-hybridized carbons (Fsp3) is 0.944. The summed E-state index contributed by atoms with van der Waals surface area (Å²) in [5, 5.41) is 0. The maximum atomic E-state index is 13.2. The Hall–Kier alpha value is 0.850. The van der Waals surface area contributed by atoms with Crippen LogP contribution in [-0.2, 0) is 9.53 Å². The van der Waals surface area contributed by atoms with Gasteiger partial charge in [-0.2, -0.15) is 0 Å². The zero-order valence-corrected chi connectivity index (χ0v) is 18.8. The summed E-state index contributed by atoms with van der Waals surface area (Å²) in [4.78, 5) is 13.2. The molecule has 0 aromatic heterocycles. The molecule has 6 rings (SSSR count). The summed E-state index contributed by atoms with van der Waals surface area (Å²) >= 11 is 1.20. The number of fused-ring (bicyclic) bond motifs is 10. The van der Waals surface area contributed by atoms with E-state index in [1.54, 1.807) is 0 Å². The van der Waals surface area contributed by atoms with Gasteiger partial charge in [-0.05, 0) is 0 Å². The van der Waals surface area contributed by atoms with E-state index in [1.165, 1.54) is 25.7 Å². The molecule has 6 heteroatoms. The van der Waals surface area contributed by atoms with Crippen molar-refractivity contribution < 1.29 is 9.53 Å². The summed E-state index contributed by atoms with van der Waals surface area (Å²) < 4.78 is 13.1. The van der Waals surface area contributed by atoms with Crippen molar-refractivity contribution in [3.8, 4) is 0 Å². The second kappa shape index (κ2) is 4.46. The molecule has 0 spiro atoms. The molecule has 6 aliphatic rings. The Kier molecular flexibility index (Phi) is 2.95. The van der Waals surface area contributed by atoms with Gasteiger partial charge in [-0.1, -0.05) is 0 Å². The summed E-state index contributed by atoms with van der Waals surface area (Å²) in [7, 11) is 0. The van der Waals surface area contributed by atoms with Crippen LogP contribution in [0.25, 0.3) is 0 Å². The van der Waals surface area contributed by atoms with Crippen LogP contribution in [-0.4, -0.2) is 18.7 Å². The van der Waals surface area contributed by atoms with Crippen LogP contribution in [0.4, 0.5) is 0 Å². The Morgan fingerprint density at radius 1 is 1.21 bits per heavy atom. The van der Waals surface area contributed by atoms with Gasteiger partial charge < -0.3 is 0 Å². The molecule has 4 nitrogen and oxygen atoms in total. The SMILES string of the molecule is CC(C)C1(OC(=O)C(C)(I)C23NI2N3)C2CC1C1C3CCC(C3)C12. The van der Waals surface area contributed by atoms with E-state index < -0.39 is 23.8 Å². The van der Waals surface area contributed by atoms with Crippen molar-refractivity contribution in [2.75, 3.05) is 0 Å². The fourth-order valence-electron chi connectivity index (χ4n) is 7.35. The Balaban J connectivity index is 1.32. The number of halogens is 2. The molecule has 2 N–H and O–H groups in total. The molecule has 4 bridgehead atoms. The van der Waals surface area contributed by atoms with Crippen LogP contribution >= 0.6 is 43.0 Å². The summed E-state index contributed by atoms with van der Waals surface area (Å²) in [6, 6.07) is 0. The van der Waals surface area contributed by atoms with Crippen molar-refractivity contribution in [3.05, 3.63) is 0 Å². The number of carbonyl (C=O) groups is 1. The number of alkyl halides is 2. The minimum atomic E-state index is -1.14. The molecule has 2 saturated heterocycles. The van der Waals surface area contributed by atoms with Gasteiger partial charge in [-0.3, -0.25) is 0 Å². The van der Waals surface area contributed by atoms with Crippen LogP contribution in [0, 0.1) is 41.4 Å². The molecule has 0 aromatic carbocycles. The van der Waals surface area contributed by atoms with Crippen LogP contribution in [0.2, 0.25) is 0 Å². The first-order chi connectivity index (χ1) is 11.3. The predicted octanol–water partition coefficient (Wildman–Crippen LogP) is 3.63. The van der Waals surface area contributed by atoms with Crippen LogP contribution in [0.3, 0.4) is 0 Å². The second-order valence-corrected chi connectivity index (χ2v) is 15.9. The zero-order valence-electron chi connectivity index (χ0n) is 14.4. The molecule has 7 unspecified atom stereocenters. The van der Waals surface area contributed by atoms with Gasteiger partial charge >= 0.3 is 166 Å². The molecule has 4 saturated carbocycles. The van der Waals surface area contributed by atoms with Gasteiger partial charge in [-0.25, -0.2) is 0 Å². The Morgan fingerprint density at radius 2 is 1.75 bits per heavy atom. The number of nitrogens with one attached hydrogen (secondary N) is 2. The van der Waals surface area contributed by atoms with Crippen molar-refractivity contribution >= 4 is 48.9 Å². The molecule has 0 aromatic rings. The van der Waals surface area contributed by atoms with E-state index in [9.17, 15) is 4.79 Å². The third kappa shape index (κ3) is 1.55. The van der Waals surface area contributed by atoms with Crippen molar-refractivity contribution in [1.82, 2.24) is 7.06 Å². The predicted molar refractivity (Wildman–Crippen MR) is 109 cm³/mol. The quantitative estimate of drug-likeness (QED) is 0.106. The van der Waals surface area contributed by atoms with E-state index in [2.05, 4.69) is 50.4 Å². The van der Waals surface area contributed by atoms with Gasteiger partial charge in [-0.15, -0.1) is 0 Å². The number of hydrogen-bond donors (Lipinski definition) is 2. The van der Waals surface area contributed by atoms with Crippen molar-refractivity contribution in [2.45, 2.75) is 59.1 Å². The molecule has 0 radical (unpaired) electrons. The molecular formula is C18H26I2N2O2. The zero-order chi connectivity index (χ0) is 16.6.